The lowest BCUT2D eigenvalue weighted by atomic mass is 10.2. The molecule has 0 bridgehead atoms. The Morgan fingerprint density at radius 3 is 2.48 bits per heavy atom. The number of hydrogen-bond donors (Lipinski definition) is 2. The highest BCUT2D eigenvalue weighted by Crippen LogP contribution is 2.14. The van der Waals surface area contributed by atoms with Gasteiger partial charge in [0, 0.05) is 24.4 Å². The number of ether oxygens (including phenoxy) is 1. The van der Waals surface area contributed by atoms with Crippen LogP contribution in [0, 0.1) is 5.82 Å². The molecule has 0 spiro atoms. The van der Waals surface area contributed by atoms with Crippen LogP contribution in [0.25, 0.3) is 0 Å². The summed E-state index contributed by atoms with van der Waals surface area (Å²) in [6.45, 7) is 1.93. The molecule has 1 atom stereocenters. The lowest BCUT2D eigenvalue weighted by Crippen LogP contribution is -2.35. The van der Waals surface area contributed by atoms with Crippen molar-refractivity contribution in [2.75, 3.05) is 19.0 Å². The van der Waals surface area contributed by atoms with Crippen LogP contribution in [0.5, 0.6) is 0 Å². The van der Waals surface area contributed by atoms with Crippen molar-refractivity contribution in [3.8, 4) is 0 Å². The number of sulfonamides is 1. The van der Waals surface area contributed by atoms with Crippen LogP contribution >= 0.6 is 0 Å². The average Bonchev–Trinajstić information content (AvgIpc) is 2.54. The zero-order chi connectivity index (χ0) is 18.4. The summed E-state index contributed by atoms with van der Waals surface area (Å²) >= 11 is 0. The quantitative estimate of drug-likeness (QED) is 0.788. The Kier molecular flexibility index (Phi) is 6.24. The molecule has 0 saturated carbocycles. The molecule has 0 fully saturated rings. The molecule has 2 aromatic rings. The van der Waals surface area contributed by atoms with Gasteiger partial charge in [-0.2, -0.15) is 0 Å². The standard InChI is InChI=1S/C17H19FN2O4S/c1-12(11-24-2)20-25(22,23)16-8-6-13(7-9-16)17(21)19-15-5-3-4-14(18)10-15/h3-10,12,20H,11H2,1-2H3,(H,19,21)/t12-/m1/s1. The molecule has 2 aromatic carbocycles. The molecule has 25 heavy (non-hydrogen) atoms. The lowest BCUT2D eigenvalue weighted by molar-refractivity contribution is 0.102. The van der Waals surface area contributed by atoms with E-state index in [0.29, 0.717) is 5.69 Å². The van der Waals surface area contributed by atoms with E-state index >= 15 is 0 Å². The van der Waals surface area contributed by atoms with Crippen LogP contribution in [0.4, 0.5) is 10.1 Å². The van der Waals surface area contributed by atoms with E-state index in [9.17, 15) is 17.6 Å². The number of carbonyl (C=O) groups excluding carboxylic acids is 1. The Morgan fingerprint density at radius 2 is 1.88 bits per heavy atom. The lowest BCUT2D eigenvalue weighted by Gasteiger charge is -2.13. The molecule has 0 aromatic heterocycles. The fourth-order valence-corrected chi connectivity index (χ4v) is 3.40. The van der Waals surface area contributed by atoms with Crippen LogP contribution in [0.1, 0.15) is 17.3 Å². The molecule has 0 saturated heterocycles. The predicted octanol–water partition coefficient (Wildman–Crippen LogP) is 2.39. The smallest absolute Gasteiger partial charge is 0.255 e. The highest BCUT2D eigenvalue weighted by molar-refractivity contribution is 7.89. The first-order valence-electron chi connectivity index (χ1n) is 7.50. The third-order valence-electron chi connectivity index (χ3n) is 3.28. The Bertz CT molecular complexity index is 838. The number of methoxy groups -OCH3 is 1. The molecule has 8 heteroatoms. The minimum Gasteiger partial charge on any atom is -0.383 e. The van der Waals surface area contributed by atoms with E-state index in [1.165, 1.54) is 49.6 Å². The third-order valence-corrected chi connectivity index (χ3v) is 4.89. The van der Waals surface area contributed by atoms with E-state index in [0.717, 1.165) is 0 Å². The van der Waals surface area contributed by atoms with Crippen LogP contribution in [0.15, 0.2) is 53.4 Å². The summed E-state index contributed by atoms with van der Waals surface area (Å²) < 4.78 is 44.9. The molecule has 134 valence electrons. The van der Waals surface area contributed by atoms with Crippen molar-refractivity contribution in [1.29, 1.82) is 0 Å². The number of amides is 1. The molecule has 2 N–H and O–H groups in total. The van der Waals surface area contributed by atoms with Crippen molar-refractivity contribution >= 4 is 21.6 Å². The van der Waals surface area contributed by atoms with Crippen molar-refractivity contribution in [1.82, 2.24) is 4.72 Å². The summed E-state index contributed by atoms with van der Waals surface area (Å²) in [5, 5.41) is 2.55. The van der Waals surface area contributed by atoms with Crippen molar-refractivity contribution in [3.05, 3.63) is 59.9 Å². The Hall–Kier alpha value is -2.29. The molecule has 2 rings (SSSR count). The van der Waals surface area contributed by atoms with Crippen LogP contribution in [-0.2, 0) is 14.8 Å². The van der Waals surface area contributed by atoms with Gasteiger partial charge in [0.25, 0.3) is 5.91 Å². The van der Waals surface area contributed by atoms with Gasteiger partial charge in [-0.15, -0.1) is 0 Å². The highest BCUT2D eigenvalue weighted by atomic mass is 32.2. The van der Waals surface area contributed by atoms with Gasteiger partial charge in [-0.25, -0.2) is 17.5 Å². The first kappa shape index (κ1) is 19.0. The zero-order valence-electron chi connectivity index (χ0n) is 13.8. The van der Waals surface area contributed by atoms with Crippen molar-refractivity contribution in [2.45, 2.75) is 17.9 Å². The molecule has 0 heterocycles. The Morgan fingerprint density at radius 1 is 1.20 bits per heavy atom. The molecule has 0 unspecified atom stereocenters. The van der Waals surface area contributed by atoms with Crippen molar-refractivity contribution < 1.29 is 22.3 Å². The van der Waals surface area contributed by atoms with Crippen molar-refractivity contribution in [2.24, 2.45) is 0 Å². The maximum absolute atomic E-state index is 13.1. The summed E-state index contributed by atoms with van der Waals surface area (Å²) in [5.41, 5.74) is 0.574. The molecule has 0 aliphatic heterocycles. The normalized spacial score (nSPS) is 12.6. The molecular formula is C17H19FN2O4S. The molecule has 0 radical (unpaired) electrons. The summed E-state index contributed by atoms with van der Waals surface area (Å²) in [6.07, 6.45) is 0. The van der Waals surface area contributed by atoms with E-state index in [1.54, 1.807) is 13.0 Å². The number of hydrogen-bond acceptors (Lipinski definition) is 4. The first-order valence-corrected chi connectivity index (χ1v) is 8.98. The number of anilines is 1. The fraction of sp³-hybridized carbons (Fsp3) is 0.235. The van der Waals surface area contributed by atoms with Gasteiger partial charge in [0.05, 0.1) is 11.5 Å². The van der Waals surface area contributed by atoms with Gasteiger partial charge in [0.15, 0.2) is 0 Å². The van der Waals surface area contributed by atoms with E-state index in [4.69, 9.17) is 4.74 Å². The SMILES string of the molecule is COC[C@@H](C)NS(=O)(=O)c1ccc(C(=O)Nc2cccc(F)c2)cc1. The van der Waals surface area contributed by atoms with Crippen LogP contribution in [0.3, 0.4) is 0 Å². The number of benzene rings is 2. The van der Waals surface area contributed by atoms with E-state index in [-0.39, 0.29) is 23.1 Å². The number of nitrogens with one attached hydrogen (secondary N) is 2. The van der Waals surface area contributed by atoms with Crippen molar-refractivity contribution in [3.63, 3.8) is 0 Å². The van der Waals surface area contributed by atoms with Gasteiger partial charge in [-0.3, -0.25) is 4.79 Å². The van der Waals surface area contributed by atoms with Crippen LogP contribution in [0.2, 0.25) is 0 Å². The maximum Gasteiger partial charge on any atom is 0.255 e. The topological polar surface area (TPSA) is 84.5 Å². The molecule has 1 amide bonds. The largest absolute Gasteiger partial charge is 0.383 e. The summed E-state index contributed by atoms with van der Waals surface area (Å²) in [4.78, 5) is 12.2. The average molecular weight is 366 g/mol. The Labute approximate surface area is 146 Å². The second-order valence-corrected chi connectivity index (χ2v) is 7.18. The molecule has 0 aliphatic carbocycles. The highest BCUT2D eigenvalue weighted by Gasteiger charge is 2.18. The van der Waals surface area contributed by atoms with Gasteiger partial charge < -0.3 is 10.1 Å². The molecule has 6 nitrogen and oxygen atoms in total. The monoisotopic (exact) mass is 366 g/mol. The minimum absolute atomic E-state index is 0.0396. The number of halogens is 1. The summed E-state index contributed by atoms with van der Waals surface area (Å²) in [6, 6.07) is 10.6. The number of carbonyl (C=O) groups is 1. The van der Waals surface area contributed by atoms with Gasteiger partial charge in [0.1, 0.15) is 5.82 Å². The first-order chi connectivity index (χ1) is 11.8. The summed E-state index contributed by atoms with van der Waals surface area (Å²) in [7, 11) is -2.22. The predicted molar refractivity (Wildman–Crippen MR) is 92.5 cm³/mol. The second-order valence-electron chi connectivity index (χ2n) is 5.47. The van der Waals surface area contributed by atoms with Gasteiger partial charge in [-0.05, 0) is 49.4 Å². The fourth-order valence-electron chi connectivity index (χ4n) is 2.17. The minimum atomic E-state index is -3.70. The van der Waals surface area contributed by atoms with E-state index in [1.807, 2.05) is 0 Å². The maximum atomic E-state index is 13.1. The van der Waals surface area contributed by atoms with Gasteiger partial charge in [0.2, 0.25) is 10.0 Å². The van der Waals surface area contributed by atoms with E-state index < -0.39 is 21.7 Å². The van der Waals surface area contributed by atoms with Crippen LogP contribution < -0.4 is 10.0 Å². The molecule has 0 aliphatic rings. The summed E-state index contributed by atoms with van der Waals surface area (Å²) in [5.74, 6) is -0.925. The number of rotatable bonds is 7. The van der Waals surface area contributed by atoms with Crippen LogP contribution in [-0.4, -0.2) is 34.1 Å². The van der Waals surface area contributed by atoms with E-state index in [2.05, 4.69) is 10.0 Å². The second kappa shape index (κ2) is 8.19. The van der Waals surface area contributed by atoms with Gasteiger partial charge >= 0.3 is 0 Å². The van der Waals surface area contributed by atoms with Gasteiger partial charge in [-0.1, -0.05) is 6.07 Å². The Balaban J connectivity index is 2.09. The molecular weight excluding hydrogens is 347 g/mol. The third kappa shape index (κ3) is 5.35. The zero-order valence-corrected chi connectivity index (χ0v) is 14.6.